The molecule has 0 aliphatic carbocycles. The second-order valence-corrected chi connectivity index (χ2v) is 10.2. The number of alkyl carbamates (subject to hydrolysis) is 1. The molecule has 1 aliphatic rings. The third kappa shape index (κ3) is 8.99. The number of nitrogens with one attached hydrogen (secondary N) is 1. The maximum Gasteiger partial charge on any atom is 0.407 e. The van der Waals surface area contributed by atoms with Gasteiger partial charge >= 0.3 is 6.09 Å². The van der Waals surface area contributed by atoms with Crippen LogP contribution in [0.1, 0.15) is 22.3 Å². The van der Waals surface area contributed by atoms with Gasteiger partial charge in [-0.15, -0.1) is 0 Å². The Bertz CT molecular complexity index is 1320. The Morgan fingerprint density at radius 2 is 1.07 bits per heavy atom. The van der Waals surface area contributed by atoms with Crippen LogP contribution in [0.25, 0.3) is 0 Å². The minimum absolute atomic E-state index is 0.166. The fraction of sp³-hybridized carbons (Fsp3) is 0.286. The van der Waals surface area contributed by atoms with Gasteiger partial charge in [0.15, 0.2) is 0 Å². The number of hydrogen-bond donors (Lipinski definition) is 1. The second-order valence-electron chi connectivity index (χ2n) is 10.2. The Balaban J connectivity index is 1.30. The van der Waals surface area contributed by atoms with Crippen LogP contribution >= 0.6 is 0 Å². The van der Waals surface area contributed by atoms with E-state index in [1.165, 1.54) is 0 Å². The maximum atomic E-state index is 12.9. The van der Waals surface area contributed by atoms with Gasteiger partial charge in [0.2, 0.25) is 0 Å². The summed E-state index contributed by atoms with van der Waals surface area (Å²) >= 11 is 0. The average Bonchev–Trinajstić information content (AvgIpc) is 3.05. The van der Waals surface area contributed by atoms with Gasteiger partial charge in [0.1, 0.15) is 24.9 Å². The summed E-state index contributed by atoms with van der Waals surface area (Å²) in [5.41, 5.74) is 4.03. The van der Waals surface area contributed by atoms with Gasteiger partial charge in [-0.25, -0.2) is 4.79 Å². The van der Waals surface area contributed by atoms with Crippen LogP contribution in [-0.2, 0) is 50.1 Å². The second kappa shape index (κ2) is 15.8. The molecule has 0 radical (unpaired) electrons. The molecular weight excluding hydrogens is 530 g/mol. The zero-order chi connectivity index (χ0) is 28.8. The van der Waals surface area contributed by atoms with Gasteiger partial charge in [-0.3, -0.25) is 0 Å². The largest absolute Gasteiger partial charge is 0.445 e. The van der Waals surface area contributed by atoms with Gasteiger partial charge in [0.25, 0.3) is 0 Å². The van der Waals surface area contributed by atoms with Gasteiger partial charge < -0.3 is 29.0 Å². The number of carbonyl (C=O) groups excluding carboxylic acids is 1. The van der Waals surface area contributed by atoms with Gasteiger partial charge in [0.05, 0.1) is 39.1 Å². The predicted octanol–water partition coefficient (Wildman–Crippen LogP) is 6.07. The van der Waals surface area contributed by atoms with Gasteiger partial charge in [-0.1, -0.05) is 121 Å². The zero-order valence-corrected chi connectivity index (χ0v) is 23.5. The van der Waals surface area contributed by atoms with Crippen molar-refractivity contribution in [3.05, 3.63) is 144 Å². The number of carbonyl (C=O) groups is 1. The third-order valence-electron chi connectivity index (χ3n) is 7.06. The number of amides is 1. The fourth-order valence-electron chi connectivity index (χ4n) is 4.85. The average molecular weight is 568 g/mol. The van der Waals surface area contributed by atoms with Crippen molar-refractivity contribution in [3.63, 3.8) is 0 Å². The molecule has 42 heavy (non-hydrogen) atoms. The van der Waals surface area contributed by atoms with Crippen molar-refractivity contribution in [2.24, 2.45) is 0 Å². The quantitative estimate of drug-likeness (QED) is 0.212. The van der Waals surface area contributed by atoms with Crippen molar-refractivity contribution in [2.75, 3.05) is 13.2 Å². The SMILES string of the molecule is O=C(N[C@H]1CO[C@H](COCc2ccccc2)[C@H](OCc2ccccc2)[C@@H]1OCc1ccccc1)OCc1ccccc1. The Labute approximate surface area is 247 Å². The van der Waals surface area contributed by atoms with Crippen LogP contribution in [0.5, 0.6) is 0 Å². The molecule has 0 spiro atoms. The lowest BCUT2D eigenvalue weighted by Crippen LogP contribution is -2.61. The molecule has 4 aromatic carbocycles. The van der Waals surface area contributed by atoms with Crippen LogP contribution in [0.3, 0.4) is 0 Å². The molecule has 1 fully saturated rings. The van der Waals surface area contributed by atoms with E-state index in [9.17, 15) is 4.79 Å². The Morgan fingerprint density at radius 3 is 1.60 bits per heavy atom. The molecule has 0 aromatic heterocycles. The van der Waals surface area contributed by atoms with E-state index >= 15 is 0 Å². The summed E-state index contributed by atoms with van der Waals surface area (Å²) in [5, 5.41) is 2.97. The molecule has 5 rings (SSSR count). The minimum atomic E-state index is -0.540. The van der Waals surface area contributed by atoms with Crippen molar-refractivity contribution in [1.29, 1.82) is 0 Å². The molecule has 7 nitrogen and oxygen atoms in total. The number of ether oxygens (including phenoxy) is 5. The lowest BCUT2D eigenvalue weighted by atomic mass is 9.97. The molecular formula is C35H37NO6. The van der Waals surface area contributed by atoms with E-state index in [0.29, 0.717) is 26.4 Å². The Kier molecular flexibility index (Phi) is 11.1. The molecule has 1 heterocycles. The summed E-state index contributed by atoms with van der Waals surface area (Å²) in [5.74, 6) is 0. The molecule has 4 aromatic rings. The van der Waals surface area contributed by atoms with Crippen molar-refractivity contribution >= 4 is 6.09 Å². The highest BCUT2D eigenvalue weighted by atomic mass is 16.6. The molecule has 7 heteroatoms. The Hall–Kier alpha value is -4.01. The summed E-state index contributed by atoms with van der Waals surface area (Å²) in [6.45, 7) is 1.87. The lowest BCUT2D eigenvalue weighted by Gasteiger charge is -2.42. The van der Waals surface area contributed by atoms with Gasteiger partial charge in [0, 0.05) is 0 Å². The first-order chi connectivity index (χ1) is 20.7. The van der Waals surface area contributed by atoms with Crippen LogP contribution in [0.2, 0.25) is 0 Å². The first-order valence-corrected chi connectivity index (χ1v) is 14.3. The smallest absolute Gasteiger partial charge is 0.407 e. The molecule has 1 amide bonds. The van der Waals surface area contributed by atoms with E-state index in [2.05, 4.69) is 5.32 Å². The molecule has 0 bridgehead atoms. The van der Waals surface area contributed by atoms with E-state index in [1.54, 1.807) is 0 Å². The fourth-order valence-corrected chi connectivity index (χ4v) is 4.85. The van der Waals surface area contributed by atoms with Crippen molar-refractivity contribution in [1.82, 2.24) is 5.32 Å². The van der Waals surface area contributed by atoms with Crippen LogP contribution in [0, 0.1) is 0 Å². The van der Waals surface area contributed by atoms with Crippen molar-refractivity contribution in [3.8, 4) is 0 Å². The van der Waals surface area contributed by atoms with Gasteiger partial charge in [-0.05, 0) is 22.3 Å². The molecule has 0 unspecified atom stereocenters. The summed E-state index contributed by atoms with van der Waals surface area (Å²) < 4.78 is 30.9. The van der Waals surface area contributed by atoms with E-state index in [0.717, 1.165) is 22.3 Å². The summed E-state index contributed by atoms with van der Waals surface area (Å²) in [6, 6.07) is 39.0. The normalized spacial score (nSPS) is 20.1. The first kappa shape index (κ1) is 29.5. The van der Waals surface area contributed by atoms with Crippen LogP contribution in [-0.4, -0.2) is 43.7 Å². The molecule has 1 aliphatic heterocycles. The summed E-state index contributed by atoms with van der Waals surface area (Å²) in [6.07, 6.45) is -1.98. The van der Waals surface area contributed by atoms with Crippen LogP contribution < -0.4 is 5.32 Å². The van der Waals surface area contributed by atoms with Gasteiger partial charge in [-0.2, -0.15) is 0 Å². The topological polar surface area (TPSA) is 75.3 Å². The zero-order valence-electron chi connectivity index (χ0n) is 23.5. The lowest BCUT2D eigenvalue weighted by molar-refractivity contribution is -0.207. The molecule has 0 saturated carbocycles. The highest BCUT2D eigenvalue weighted by molar-refractivity contribution is 5.67. The number of benzene rings is 4. The molecule has 218 valence electrons. The monoisotopic (exact) mass is 567 g/mol. The molecule has 1 saturated heterocycles. The van der Waals surface area contributed by atoms with Crippen LogP contribution in [0.15, 0.2) is 121 Å². The van der Waals surface area contributed by atoms with Crippen molar-refractivity contribution < 1.29 is 28.5 Å². The number of hydrogen-bond acceptors (Lipinski definition) is 6. The standard InChI is InChI=1S/C35H37NO6/c37-35(42-24-30-19-11-4-12-20-30)36-31-25-39-32(26-38-21-27-13-5-1-6-14-27)34(41-23-29-17-9-3-10-18-29)33(31)40-22-28-15-7-2-8-16-28/h1-20,31-34H,21-26H2,(H,36,37)/t31-,32+,33+,34-/m0/s1. The van der Waals surface area contributed by atoms with Crippen LogP contribution in [0.4, 0.5) is 4.79 Å². The first-order valence-electron chi connectivity index (χ1n) is 14.3. The number of rotatable bonds is 13. The van der Waals surface area contributed by atoms with E-state index < -0.39 is 30.4 Å². The highest BCUT2D eigenvalue weighted by Gasteiger charge is 2.43. The molecule has 4 atom stereocenters. The highest BCUT2D eigenvalue weighted by Crippen LogP contribution is 2.25. The summed E-state index contributed by atoms with van der Waals surface area (Å²) in [7, 11) is 0. The third-order valence-corrected chi connectivity index (χ3v) is 7.06. The Morgan fingerprint density at radius 1 is 0.619 bits per heavy atom. The van der Waals surface area contributed by atoms with E-state index in [-0.39, 0.29) is 13.2 Å². The molecule has 1 N–H and O–H groups in total. The summed E-state index contributed by atoms with van der Waals surface area (Å²) in [4.78, 5) is 12.9. The predicted molar refractivity (Wildman–Crippen MR) is 159 cm³/mol. The minimum Gasteiger partial charge on any atom is -0.445 e. The van der Waals surface area contributed by atoms with E-state index in [4.69, 9.17) is 23.7 Å². The van der Waals surface area contributed by atoms with Crippen molar-refractivity contribution in [2.45, 2.75) is 50.8 Å². The maximum absolute atomic E-state index is 12.9. The van der Waals surface area contributed by atoms with E-state index in [1.807, 2.05) is 121 Å².